The normalized spacial score (nSPS) is 15.9. The molecule has 3 rings (SSSR count). The van der Waals surface area contributed by atoms with Gasteiger partial charge in [0.2, 0.25) is 0 Å². The Bertz CT molecular complexity index is 561. The fourth-order valence-electron chi connectivity index (χ4n) is 3.12. The molecule has 2 heteroatoms. The van der Waals surface area contributed by atoms with Gasteiger partial charge in [-0.3, -0.25) is 0 Å². The van der Waals surface area contributed by atoms with E-state index in [9.17, 15) is 0 Å². The molecular weight excluding hydrogens is 262 g/mol. The molecule has 1 N–H and O–H groups in total. The van der Waals surface area contributed by atoms with E-state index in [0.717, 1.165) is 6.42 Å². The van der Waals surface area contributed by atoms with Gasteiger partial charge >= 0.3 is 0 Å². The number of benzene rings is 1. The molecule has 1 aliphatic rings. The van der Waals surface area contributed by atoms with Crippen molar-refractivity contribution in [2.24, 2.45) is 0 Å². The molecule has 1 heterocycles. The fraction of sp³-hybridized carbons (Fsp3) is 0.444. The van der Waals surface area contributed by atoms with Crippen LogP contribution in [0.2, 0.25) is 0 Å². The Hall–Kier alpha value is -1.12. The number of nitrogens with one attached hydrogen (secondary N) is 1. The fourth-order valence-corrected chi connectivity index (χ4v) is 4.52. The molecule has 1 unspecified atom stereocenters. The highest BCUT2D eigenvalue weighted by atomic mass is 32.1. The lowest BCUT2D eigenvalue weighted by atomic mass is 9.97. The molecule has 20 heavy (non-hydrogen) atoms. The summed E-state index contributed by atoms with van der Waals surface area (Å²) in [6.45, 7) is 2.22. The maximum atomic E-state index is 3.51. The number of fused-ring (bicyclic) bond motifs is 1. The number of hydrogen-bond donors (Lipinski definition) is 1. The Morgan fingerprint density at radius 3 is 2.80 bits per heavy atom. The topological polar surface area (TPSA) is 12.0 Å². The maximum Gasteiger partial charge on any atom is 0.0668 e. The summed E-state index contributed by atoms with van der Waals surface area (Å²) in [4.78, 5) is 3.10. The van der Waals surface area contributed by atoms with Crippen LogP contribution >= 0.6 is 11.3 Å². The molecular formula is C18H23NS. The lowest BCUT2D eigenvalue weighted by molar-refractivity contribution is 0.691. The third-order valence-electron chi connectivity index (χ3n) is 4.28. The largest absolute Gasteiger partial charge is 0.309 e. The van der Waals surface area contributed by atoms with Crippen molar-refractivity contribution >= 4 is 11.3 Å². The van der Waals surface area contributed by atoms with Crippen molar-refractivity contribution in [2.75, 3.05) is 7.05 Å². The van der Waals surface area contributed by atoms with E-state index < -0.39 is 0 Å². The van der Waals surface area contributed by atoms with Crippen LogP contribution in [0.4, 0.5) is 0 Å². The first kappa shape index (κ1) is 13.8. The molecule has 0 aliphatic heterocycles. The first-order valence-electron chi connectivity index (χ1n) is 7.69. The van der Waals surface area contributed by atoms with Crippen molar-refractivity contribution in [1.29, 1.82) is 0 Å². The van der Waals surface area contributed by atoms with E-state index in [4.69, 9.17) is 0 Å². The summed E-state index contributed by atoms with van der Waals surface area (Å²) >= 11 is 2.01. The van der Waals surface area contributed by atoms with Crippen LogP contribution < -0.4 is 5.32 Å². The summed E-state index contributed by atoms with van der Waals surface area (Å²) in [7, 11) is 2.07. The van der Waals surface area contributed by atoms with Crippen LogP contribution in [-0.4, -0.2) is 7.05 Å². The van der Waals surface area contributed by atoms with Crippen molar-refractivity contribution in [3.05, 3.63) is 56.8 Å². The second-order valence-corrected chi connectivity index (χ2v) is 6.79. The lowest BCUT2D eigenvalue weighted by Crippen LogP contribution is -2.16. The molecule has 1 nitrogen and oxygen atoms in total. The van der Waals surface area contributed by atoms with Crippen molar-refractivity contribution in [1.82, 2.24) is 5.32 Å². The molecule has 1 aliphatic carbocycles. The summed E-state index contributed by atoms with van der Waals surface area (Å²) in [6.07, 6.45) is 6.38. The van der Waals surface area contributed by atoms with Crippen molar-refractivity contribution < 1.29 is 0 Å². The molecule has 0 bridgehead atoms. The average Bonchev–Trinajstić information content (AvgIpc) is 2.91. The van der Waals surface area contributed by atoms with Gasteiger partial charge in [-0.25, -0.2) is 0 Å². The second-order valence-electron chi connectivity index (χ2n) is 5.62. The molecule has 0 fully saturated rings. The molecule has 0 saturated carbocycles. The molecule has 0 amide bonds. The minimum atomic E-state index is 0.345. The van der Waals surface area contributed by atoms with E-state index in [0.29, 0.717) is 6.04 Å². The Labute approximate surface area is 126 Å². The highest BCUT2D eigenvalue weighted by molar-refractivity contribution is 7.12. The Morgan fingerprint density at radius 2 is 2.05 bits per heavy atom. The van der Waals surface area contributed by atoms with E-state index >= 15 is 0 Å². The van der Waals surface area contributed by atoms with Gasteiger partial charge in [0.15, 0.2) is 0 Å². The van der Waals surface area contributed by atoms with Crippen LogP contribution in [0, 0.1) is 0 Å². The zero-order valence-corrected chi connectivity index (χ0v) is 13.2. The summed E-state index contributed by atoms with van der Waals surface area (Å²) in [5, 5.41) is 3.51. The molecule has 106 valence electrons. The monoisotopic (exact) mass is 285 g/mol. The van der Waals surface area contributed by atoms with E-state index in [1.54, 1.807) is 10.4 Å². The van der Waals surface area contributed by atoms with Gasteiger partial charge in [-0.1, -0.05) is 31.2 Å². The van der Waals surface area contributed by atoms with Gasteiger partial charge in [0.1, 0.15) is 0 Å². The van der Waals surface area contributed by atoms with Gasteiger partial charge in [0.25, 0.3) is 0 Å². The molecule has 1 aromatic heterocycles. The van der Waals surface area contributed by atoms with Crippen LogP contribution in [0.15, 0.2) is 30.3 Å². The average molecular weight is 285 g/mol. The highest BCUT2D eigenvalue weighted by Gasteiger charge is 2.19. The summed E-state index contributed by atoms with van der Waals surface area (Å²) in [6, 6.07) is 11.8. The lowest BCUT2D eigenvalue weighted by Gasteiger charge is -2.16. The first-order chi connectivity index (χ1) is 9.81. The molecule has 0 saturated heterocycles. The predicted octanol–water partition coefficient (Wildman–Crippen LogP) is 4.50. The van der Waals surface area contributed by atoms with Crippen LogP contribution in [0.25, 0.3) is 0 Å². The van der Waals surface area contributed by atoms with E-state index in [2.05, 4.69) is 49.6 Å². The SMILES string of the molecule is CCc1cccc(C(NC)c2cc3c(s2)CCCC3)c1. The number of thiophene rings is 1. The van der Waals surface area contributed by atoms with Crippen molar-refractivity contribution in [3.63, 3.8) is 0 Å². The Balaban J connectivity index is 1.94. The van der Waals surface area contributed by atoms with Gasteiger partial charge in [0.05, 0.1) is 6.04 Å². The van der Waals surface area contributed by atoms with Gasteiger partial charge in [0, 0.05) is 9.75 Å². The van der Waals surface area contributed by atoms with Crippen molar-refractivity contribution in [3.8, 4) is 0 Å². The third kappa shape index (κ3) is 2.68. The van der Waals surface area contributed by atoms with Crippen LogP contribution in [0.3, 0.4) is 0 Å². The van der Waals surface area contributed by atoms with Gasteiger partial charge in [-0.15, -0.1) is 11.3 Å². The van der Waals surface area contributed by atoms with Gasteiger partial charge in [-0.05, 0) is 61.9 Å². The molecule has 0 radical (unpaired) electrons. The summed E-state index contributed by atoms with van der Waals surface area (Å²) in [5.41, 5.74) is 4.41. The van der Waals surface area contributed by atoms with Crippen LogP contribution in [-0.2, 0) is 19.3 Å². The highest BCUT2D eigenvalue weighted by Crippen LogP contribution is 2.35. The molecule has 1 atom stereocenters. The Morgan fingerprint density at radius 1 is 1.20 bits per heavy atom. The number of aryl methyl sites for hydroxylation is 3. The smallest absolute Gasteiger partial charge is 0.0668 e. The van der Waals surface area contributed by atoms with Gasteiger partial charge in [-0.2, -0.15) is 0 Å². The molecule has 1 aromatic carbocycles. The molecule has 0 spiro atoms. The number of rotatable bonds is 4. The van der Waals surface area contributed by atoms with Crippen molar-refractivity contribution in [2.45, 2.75) is 45.1 Å². The Kier molecular flexibility index (Phi) is 4.23. The second kappa shape index (κ2) is 6.11. The number of hydrogen-bond acceptors (Lipinski definition) is 2. The maximum absolute atomic E-state index is 3.51. The zero-order valence-electron chi connectivity index (χ0n) is 12.4. The first-order valence-corrected chi connectivity index (χ1v) is 8.51. The van der Waals surface area contributed by atoms with Crippen LogP contribution in [0.5, 0.6) is 0 Å². The predicted molar refractivity (Wildman–Crippen MR) is 87.7 cm³/mol. The minimum absolute atomic E-state index is 0.345. The van der Waals surface area contributed by atoms with E-state index in [1.807, 2.05) is 11.3 Å². The van der Waals surface area contributed by atoms with E-state index in [1.165, 1.54) is 41.7 Å². The van der Waals surface area contributed by atoms with Crippen LogP contribution in [0.1, 0.15) is 52.3 Å². The minimum Gasteiger partial charge on any atom is -0.309 e. The van der Waals surface area contributed by atoms with Gasteiger partial charge < -0.3 is 5.32 Å². The van der Waals surface area contributed by atoms with E-state index in [-0.39, 0.29) is 0 Å². The molecule has 2 aromatic rings. The third-order valence-corrected chi connectivity index (χ3v) is 5.58. The summed E-state index contributed by atoms with van der Waals surface area (Å²) in [5.74, 6) is 0. The zero-order chi connectivity index (χ0) is 13.9. The summed E-state index contributed by atoms with van der Waals surface area (Å²) < 4.78 is 0. The quantitative estimate of drug-likeness (QED) is 0.872. The standard InChI is InChI=1S/C18H23NS/c1-3-13-7-6-9-15(11-13)18(19-2)17-12-14-8-4-5-10-16(14)20-17/h6-7,9,11-12,18-19H,3-5,8,10H2,1-2H3.